The van der Waals surface area contributed by atoms with Gasteiger partial charge in [0, 0.05) is 19.1 Å². The van der Waals surface area contributed by atoms with Gasteiger partial charge in [0.2, 0.25) is 0 Å². The molecule has 2 atom stereocenters. The number of rotatable bonds is 2. The van der Waals surface area contributed by atoms with Crippen molar-refractivity contribution >= 4 is 0 Å². The van der Waals surface area contributed by atoms with Crippen LogP contribution in [0.15, 0.2) is 0 Å². The van der Waals surface area contributed by atoms with Gasteiger partial charge in [-0.3, -0.25) is 4.90 Å². The van der Waals surface area contributed by atoms with Gasteiger partial charge < -0.3 is 5.32 Å². The molecule has 13 heavy (non-hydrogen) atoms. The van der Waals surface area contributed by atoms with E-state index in [1.165, 1.54) is 6.42 Å². The zero-order valence-corrected chi connectivity index (χ0v) is 8.71. The molecule has 0 aromatic rings. The van der Waals surface area contributed by atoms with Gasteiger partial charge in [-0.1, -0.05) is 12.8 Å². The van der Waals surface area contributed by atoms with Gasteiger partial charge in [0.05, 0.1) is 6.04 Å². The molecule has 2 heteroatoms. The number of hydrogen-bond donors (Lipinski definition) is 1. The first kappa shape index (κ1) is 10.6. The van der Waals surface area contributed by atoms with Crippen LogP contribution in [0, 0.1) is 12.3 Å². The molecule has 0 amide bonds. The third-order valence-electron chi connectivity index (χ3n) is 2.64. The van der Waals surface area contributed by atoms with Crippen molar-refractivity contribution in [1.82, 2.24) is 10.2 Å². The summed E-state index contributed by atoms with van der Waals surface area (Å²) in [6.45, 7) is 7.73. The average molecular weight is 180 g/mol. The minimum Gasteiger partial charge on any atom is -0.313 e. The van der Waals surface area contributed by atoms with E-state index in [0.717, 1.165) is 26.1 Å². The molecule has 74 valence electrons. The molecule has 0 bridgehead atoms. The van der Waals surface area contributed by atoms with E-state index in [0.29, 0.717) is 12.1 Å². The lowest BCUT2D eigenvalue weighted by Gasteiger charge is -2.27. The molecule has 1 N–H and O–H groups in total. The molecule has 0 spiro atoms. The van der Waals surface area contributed by atoms with Crippen LogP contribution < -0.4 is 5.32 Å². The Labute approximate surface area is 81.7 Å². The molecule has 1 rings (SSSR count). The molecule has 1 fully saturated rings. The van der Waals surface area contributed by atoms with Gasteiger partial charge in [-0.2, -0.15) is 0 Å². The Morgan fingerprint density at radius 3 is 3.08 bits per heavy atom. The Morgan fingerprint density at radius 2 is 2.46 bits per heavy atom. The van der Waals surface area contributed by atoms with Crippen LogP contribution in [0.1, 0.15) is 26.7 Å². The van der Waals surface area contributed by atoms with E-state index >= 15 is 0 Å². The minimum absolute atomic E-state index is 0.336. The molecular weight excluding hydrogens is 160 g/mol. The van der Waals surface area contributed by atoms with Crippen molar-refractivity contribution < 1.29 is 0 Å². The Balaban J connectivity index is 2.51. The normalized spacial score (nSPS) is 27.6. The molecule has 2 unspecified atom stereocenters. The van der Waals surface area contributed by atoms with Crippen molar-refractivity contribution in [3.63, 3.8) is 0 Å². The van der Waals surface area contributed by atoms with E-state index in [2.05, 4.69) is 30.0 Å². The highest BCUT2D eigenvalue weighted by Gasteiger charge is 2.18. The Kier molecular flexibility index (Phi) is 4.27. The molecular formula is C11H20N2. The lowest BCUT2D eigenvalue weighted by Crippen LogP contribution is -2.40. The summed E-state index contributed by atoms with van der Waals surface area (Å²) in [6.07, 6.45) is 7.77. The topological polar surface area (TPSA) is 15.3 Å². The quantitative estimate of drug-likeness (QED) is 0.640. The molecule has 1 aliphatic heterocycles. The Morgan fingerprint density at radius 1 is 1.69 bits per heavy atom. The molecule has 0 saturated carbocycles. The Hall–Kier alpha value is -0.520. The second kappa shape index (κ2) is 5.26. The monoisotopic (exact) mass is 180 g/mol. The fourth-order valence-electron chi connectivity index (χ4n) is 1.90. The molecule has 0 aliphatic carbocycles. The highest BCUT2D eigenvalue weighted by atomic mass is 15.2. The molecule has 1 heterocycles. The third-order valence-corrected chi connectivity index (χ3v) is 2.64. The maximum absolute atomic E-state index is 5.50. The van der Waals surface area contributed by atoms with Crippen LogP contribution in [0.5, 0.6) is 0 Å². The zero-order valence-electron chi connectivity index (χ0n) is 8.71. The summed E-state index contributed by atoms with van der Waals surface area (Å²) >= 11 is 0. The Bertz CT molecular complexity index is 183. The summed E-state index contributed by atoms with van der Waals surface area (Å²) in [5.41, 5.74) is 0. The van der Waals surface area contributed by atoms with E-state index in [-0.39, 0.29) is 0 Å². The van der Waals surface area contributed by atoms with Crippen LogP contribution in [-0.4, -0.2) is 36.6 Å². The number of terminal acetylenes is 1. The van der Waals surface area contributed by atoms with Crippen molar-refractivity contribution in [2.75, 3.05) is 19.6 Å². The highest BCUT2D eigenvalue weighted by molar-refractivity contribution is 5.00. The first-order valence-electron chi connectivity index (χ1n) is 5.21. The van der Waals surface area contributed by atoms with E-state index in [4.69, 9.17) is 6.42 Å². The predicted molar refractivity (Wildman–Crippen MR) is 56.6 cm³/mol. The van der Waals surface area contributed by atoms with Crippen LogP contribution in [0.2, 0.25) is 0 Å². The summed E-state index contributed by atoms with van der Waals surface area (Å²) in [6, 6.07) is 0.909. The maximum atomic E-state index is 5.50. The first-order valence-corrected chi connectivity index (χ1v) is 5.21. The van der Waals surface area contributed by atoms with Gasteiger partial charge in [0.1, 0.15) is 0 Å². The van der Waals surface area contributed by atoms with Crippen LogP contribution in [0.25, 0.3) is 0 Å². The SMILES string of the molecule is C#CC(CC)N1CCCNC(C)C1. The summed E-state index contributed by atoms with van der Waals surface area (Å²) in [5.74, 6) is 2.87. The number of hydrogen-bond acceptors (Lipinski definition) is 2. The molecule has 0 aromatic heterocycles. The largest absolute Gasteiger partial charge is 0.313 e. The molecule has 1 aliphatic rings. The van der Waals surface area contributed by atoms with Crippen molar-refractivity contribution in [2.24, 2.45) is 0 Å². The fourth-order valence-corrected chi connectivity index (χ4v) is 1.90. The van der Waals surface area contributed by atoms with Crippen LogP contribution in [-0.2, 0) is 0 Å². The minimum atomic E-state index is 0.336. The summed E-state index contributed by atoms with van der Waals surface area (Å²) < 4.78 is 0. The van der Waals surface area contributed by atoms with Crippen LogP contribution in [0.3, 0.4) is 0 Å². The highest BCUT2D eigenvalue weighted by Crippen LogP contribution is 2.07. The van der Waals surface area contributed by atoms with Gasteiger partial charge in [-0.15, -0.1) is 6.42 Å². The van der Waals surface area contributed by atoms with Gasteiger partial charge in [-0.25, -0.2) is 0 Å². The lowest BCUT2D eigenvalue weighted by atomic mass is 10.2. The van der Waals surface area contributed by atoms with Gasteiger partial charge in [0.15, 0.2) is 0 Å². The van der Waals surface area contributed by atoms with Gasteiger partial charge in [-0.05, 0) is 26.3 Å². The van der Waals surface area contributed by atoms with E-state index < -0.39 is 0 Å². The standard InChI is InChI=1S/C11H20N2/c1-4-11(5-2)13-8-6-7-12-10(3)9-13/h1,10-12H,5-9H2,2-3H3. The second-order valence-corrected chi connectivity index (χ2v) is 3.79. The number of nitrogens with zero attached hydrogens (tertiary/aromatic N) is 1. The zero-order chi connectivity index (χ0) is 9.68. The van der Waals surface area contributed by atoms with Gasteiger partial charge >= 0.3 is 0 Å². The summed E-state index contributed by atoms with van der Waals surface area (Å²) in [4.78, 5) is 2.42. The second-order valence-electron chi connectivity index (χ2n) is 3.79. The smallest absolute Gasteiger partial charge is 0.0709 e. The predicted octanol–water partition coefficient (Wildman–Crippen LogP) is 1.08. The average Bonchev–Trinajstić information content (AvgIpc) is 2.32. The van der Waals surface area contributed by atoms with Crippen molar-refractivity contribution in [1.29, 1.82) is 0 Å². The first-order chi connectivity index (χ1) is 6.27. The van der Waals surface area contributed by atoms with Gasteiger partial charge in [0.25, 0.3) is 0 Å². The summed E-state index contributed by atoms with van der Waals surface area (Å²) in [7, 11) is 0. The number of nitrogens with one attached hydrogen (secondary N) is 1. The van der Waals surface area contributed by atoms with Crippen molar-refractivity contribution in [2.45, 2.75) is 38.8 Å². The third kappa shape index (κ3) is 3.02. The maximum Gasteiger partial charge on any atom is 0.0709 e. The fraction of sp³-hybridized carbons (Fsp3) is 0.818. The van der Waals surface area contributed by atoms with Crippen LogP contribution in [0.4, 0.5) is 0 Å². The van der Waals surface area contributed by atoms with E-state index in [1.807, 2.05) is 0 Å². The molecule has 0 aromatic carbocycles. The molecule has 2 nitrogen and oxygen atoms in total. The van der Waals surface area contributed by atoms with E-state index in [1.54, 1.807) is 0 Å². The van der Waals surface area contributed by atoms with Crippen molar-refractivity contribution in [3.05, 3.63) is 0 Å². The molecule has 1 saturated heterocycles. The lowest BCUT2D eigenvalue weighted by molar-refractivity contribution is 0.230. The summed E-state index contributed by atoms with van der Waals surface area (Å²) in [5, 5.41) is 3.47. The van der Waals surface area contributed by atoms with E-state index in [9.17, 15) is 0 Å². The van der Waals surface area contributed by atoms with Crippen LogP contribution >= 0.6 is 0 Å². The van der Waals surface area contributed by atoms with Crippen molar-refractivity contribution in [3.8, 4) is 12.3 Å². The molecule has 0 radical (unpaired) electrons.